The number of carbonyl (C=O) groups excluding carboxylic acids is 1. The molecule has 1 aromatic rings. The van der Waals surface area contributed by atoms with Crippen LogP contribution in [-0.2, 0) is 4.74 Å². The fourth-order valence-corrected chi connectivity index (χ4v) is 2.41. The van der Waals surface area contributed by atoms with Gasteiger partial charge in [0.2, 0.25) is 5.78 Å². The maximum atomic E-state index is 11.7. The highest BCUT2D eigenvalue weighted by Gasteiger charge is 2.12. The minimum Gasteiger partial charge on any atom is -0.373 e. The van der Waals surface area contributed by atoms with Crippen molar-refractivity contribution >= 4 is 5.78 Å². The molecule has 1 N–H and O–H groups in total. The summed E-state index contributed by atoms with van der Waals surface area (Å²) in [7, 11) is 0. The van der Waals surface area contributed by atoms with Gasteiger partial charge in [0.05, 0.1) is 0 Å². The van der Waals surface area contributed by atoms with Crippen LogP contribution in [0, 0.1) is 5.92 Å². The van der Waals surface area contributed by atoms with Crippen molar-refractivity contribution in [2.75, 3.05) is 26.3 Å². The monoisotopic (exact) mass is 262 g/mol. The van der Waals surface area contributed by atoms with Crippen molar-refractivity contribution in [2.45, 2.75) is 25.7 Å². The van der Waals surface area contributed by atoms with E-state index in [4.69, 9.17) is 4.74 Å². The SMILES string of the molecule is O=C(COCCC[C@@H]1CCCNC1)c1ccccn1. The van der Waals surface area contributed by atoms with Gasteiger partial charge in [-0.1, -0.05) is 6.07 Å². The summed E-state index contributed by atoms with van der Waals surface area (Å²) < 4.78 is 5.43. The van der Waals surface area contributed by atoms with E-state index >= 15 is 0 Å². The molecule has 1 fully saturated rings. The zero-order chi connectivity index (χ0) is 13.3. The Bertz CT molecular complexity index is 375. The molecule has 104 valence electrons. The number of ketones is 1. The Kier molecular flexibility index (Phi) is 5.98. The van der Waals surface area contributed by atoms with Gasteiger partial charge in [0.1, 0.15) is 12.3 Å². The lowest BCUT2D eigenvalue weighted by molar-refractivity contribution is 0.0740. The third-order valence-corrected chi connectivity index (χ3v) is 3.48. The molecule has 1 aliphatic heterocycles. The van der Waals surface area contributed by atoms with Crippen molar-refractivity contribution in [3.63, 3.8) is 0 Å². The first-order valence-electron chi connectivity index (χ1n) is 7.09. The Labute approximate surface area is 114 Å². The highest BCUT2D eigenvalue weighted by Crippen LogP contribution is 2.15. The second-order valence-corrected chi connectivity index (χ2v) is 5.05. The normalized spacial score (nSPS) is 19.3. The minimum absolute atomic E-state index is 0.0417. The summed E-state index contributed by atoms with van der Waals surface area (Å²) in [4.78, 5) is 15.7. The highest BCUT2D eigenvalue weighted by molar-refractivity contribution is 5.95. The lowest BCUT2D eigenvalue weighted by Gasteiger charge is -2.22. The van der Waals surface area contributed by atoms with Crippen LogP contribution in [0.25, 0.3) is 0 Å². The number of hydrogen-bond donors (Lipinski definition) is 1. The summed E-state index contributed by atoms with van der Waals surface area (Å²) in [6.07, 6.45) is 6.44. The van der Waals surface area contributed by atoms with Crippen molar-refractivity contribution in [2.24, 2.45) is 5.92 Å². The third-order valence-electron chi connectivity index (χ3n) is 3.48. The summed E-state index contributed by atoms with van der Waals surface area (Å²) in [6.45, 7) is 3.09. The van der Waals surface area contributed by atoms with Crippen molar-refractivity contribution < 1.29 is 9.53 Å². The largest absolute Gasteiger partial charge is 0.373 e. The zero-order valence-corrected chi connectivity index (χ0v) is 11.3. The van der Waals surface area contributed by atoms with Crippen molar-refractivity contribution in [1.82, 2.24) is 10.3 Å². The maximum absolute atomic E-state index is 11.7. The van der Waals surface area contributed by atoms with Crippen LogP contribution in [0.5, 0.6) is 0 Å². The molecule has 0 unspecified atom stereocenters. The van der Waals surface area contributed by atoms with E-state index in [1.165, 1.54) is 19.3 Å². The van der Waals surface area contributed by atoms with Crippen LogP contribution in [0.3, 0.4) is 0 Å². The smallest absolute Gasteiger partial charge is 0.206 e. The fourth-order valence-electron chi connectivity index (χ4n) is 2.41. The first kappa shape index (κ1) is 14.2. The molecule has 1 aliphatic rings. The molecule has 19 heavy (non-hydrogen) atoms. The topological polar surface area (TPSA) is 51.2 Å². The lowest BCUT2D eigenvalue weighted by atomic mass is 9.95. The first-order valence-corrected chi connectivity index (χ1v) is 7.09. The Balaban J connectivity index is 1.55. The van der Waals surface area contributed by atoms with Crippen LogP contribution in [-0.4, -0.2) is 37.1 Å². The van der Waals surface area contributed by atoms with Crippen LogP contribution in [0.2, 0.25) is 0 Å². The van der Waals surface area contributed by atoms with Crippen molar-refractivity contribution in [3.8, 4) is 0 Å². The Morgan fingerprint density at radius 3 is 3.16 bits per heavy atom. The molecule has 4 heteroatoms. The average molecular weight is 262 g/mol. The number of rotatable bonds is 7. The van der Waals surface area contributed by atoms with Crippen LogP contribution in [0.4, 0.5) is 0 Å². The van der Waals surface area contributed by atoms with E-state index in [2.05, 4.69) is 10.3 Å². The van der Waals surface area contributed by atoms with Crippen LogP contribution in [0.15, 0.2) is 24.4 Å². The number of ether oxygens (including phenoxy) is 1. The molecule has 0 aromatic carbocycles. The molecule has 2 heterocycles. The van der Waals surface area contributed by atoms with Gasteiger partial charge in [0.25, 0.3) is 0 Å². The molecule has 4 nitrogen and oxygen atoms in total. The Morgan fingerprint density at radius 2 is 2.42 bits per heavy atom. The van der Waals surface area contributed by atoms with Gasteiger partial charge in [-0.05, 0) is 56.8 Å². The molecular weight excluding hydrogens is 240 g/mol. The average Bonchev–Trinajstić information content (AvgIpc) is 2.49. The lowest BCUT2D eigenvalue weighted by Crippen LogP contribution is -2.29. The zero-order valence-electron chi connectivity index (χ0n) is 11.3. The van der Waals surface area contributed by atoms with Crippen molar-refractivity contribution in [3.05, 3.63) is 30.1 Å². The van der Waals surface area contributed by atoms with E-state index in [1.54, 1.807) is 18.3 Å². The van der Waals surface area contributed by atoms with Crippen LogP contribution < -0.4 is 5.32 Å². The summed E-state index contributed by atoms with van der Waals surface area (Å²) in [6, 6.07) is 5.34. The predicted octanol–water partition coefficient (Wildman–Crippen LogP) is 2.06. The van der Waals surface area contributed by atoms with Gasteiger partial charge in [0.15, 0.2) is 0 Å². The summed E-state index contributed by atoms with van der Waals surface area (Å²) in [5, 5.41) is 3.41. The number of nitrogens with zero attached hydrogens (tertiary/aromatic N) is 1. The minimum atomic E-state index is -0.0417. The summed E-state index contributed by atoms with van der Waals surface area (Å²) in [5.74, 6) is 0.740. The number of carbonyl (C=O) groups is 1. The van der Waals surface area contributed by atoms with Gasteiger partial charge in [-0.2, -0.15) is 0 Å². The molecule has 1 aromatic heterocycles. The quantitative estimate of drug-likeness (QED) is 0.603. The number of piperidine rings is 1. The third kappa shape index (κ3) is 5.09. The van der Waals surface area contributed by atoms with E-state index < -0.39 is 0 Å². The Hall–Kier alpha value is -1.26. The van der Waals surface area contributed by atoms with Gasteiger partial charge in [0, 0.05) is 12.8 Å². The van der Waals surface area contributed by atoms with Gasteiger partial charge >= 0.3 is 0 Å². The number of nitrogens with one attached hydrogen (secondary N) is 1. The van der Waals surface area contributed by atoms with Crippen LogP contribution in [0.1, 0.15) is 36.2 Å². The summed E-state index contributed by atoms with van der Waals surface area (Å²) >= 11 is 0. The van der Waals surface area contributed by atoms with Crippen LogP contribution >= 0.6 is 0 Å². The fraction of sp³-hybridized carbons (Fsp3) is 0.600. The molecule has 2 rings (SSSR count). The highest BCUT2D eigenvalue weighted by atomic mass is 16.5. The van der Waals surface area contributed by atoms with E-state index in [0.29, 0.717) is 12.3 Å². The van der Waals surface area contributed by atoms with Gasteiger partial charge < -0.3 is 10.1 Å². The second kappa shape index (κ2) is 8.02. The standard InChI is InChI=1S/C15H22N2O2/c18-15(14-7-1-2-9-17-14)12-19-10-4-6-13-5-3-8-16-11-13/h1-2,7,9,13,16H,3-6,8,10-12H2/t13-/m0/s1. The van der Waals surface area contributed by atoms with E-state index in [-0.39, 0.29) is 12.4 Å². The number of Topliss-reactive ketones (excluding diaryl/α,β-unsaturated/α-hetero) is 1. The summed E-state index contributed by atoms with van der Waals surface area (Å²) in [5.41, 5.74) is 0.485. The molecule has 1 atom stereocenters. The molecule has 0 saturated carbocycles. The molecule has 1 saturated heterocycles. The maximum Gasteiger partial charge on any atom is 0.206 e. The number of hydrogen-bond acceptors (Lipinski definition) is 4. The Morgan fingerprint density at radius 1 is 1.47 bits per heavy atom. The molecule has 0 bridgehead atoms. The second-order valence-electron chi connectivity index (χ2n) is 5.05. The molecule has 0 radical (unpaired) electrons. The number of aromatic nitrogens is 1. The van der Waals surface area contributed by atoms with Gasteiger partial charge in [-0.25, -0.2) is 0 Å². The molecule has 0 spiro atoms. The van der Waals surface area contributed by atoms with Crippen molar-refractivity contribution in [1.29, 1.82) is 0 Å². The first-order chi connectivity index (χ1) is 9.36. The van der Waals surface area contributed by atoms with E-state index in [0.717, 1.165) is 25.4 Å². The van der Waals surface area contributed by atoms with Gasteiger partial charge in [-0.15, -0.1) is 0 Å². The molecule has 0 amide bonds. The number of pyridine rings is 1. The molecule has 0 aliphatic carbocycles. The predicted molar refractivity (Wildman–Crippen MR) is 74.2 cm³/mol. The van der Waals surface area contributed by atoms with E-state index in [1.807, 2.05) is 6.07 Å². The van der Waals surface area contributed by atoms with E-state index in [9.17, 15) is 4.79 Å². The molecular formula is C15H22N2O2. The van der Waals surface area contributed by atoms with Gasteiger partial charge in [-0.3, -0.25) is 9.78 Å².